The smallest absolute Gasteiger partial charge is 0.275 e. The number of hydrogen-bond acceptors (Lipinski definition) is 1. The molecule has 1 aromatic carbocycles. The molecule has 0 fully saturated rings. The normalized spacial score (nSPS) is 10.2. The van der Waals surface area contributed by atoms with Gasteiger partial charge in [0, 0.05) is 17.7 Å². The van der Waals surface area contributed by atoms with Crippen LogP contribution in [0.25, 0.3) is 0 Å². The molecule has 0 bridgehead atoms. The van der Waals surface area contributed by atoms with Gasteiger partial charge >= 0.3 is 0 Å². The van der Waals surface area contributed by atoms with E-state index >= 15 is 0 Å². The van der Waals surface area contributed by atoms with Crippen molar-refractivity contribution >= 4 is 17.4 Å². The van der Waals surface area contributed by atoms with Crippen LogP contribution in [0, 0.1) is 6.92 Å². The first-order valence-corrected chi connectivity index (χ1v) is 5.78. The minimum Gasteiger partial charge on any atom is -0.287 e. The second-order valence-electron chi connectivity index (χ2n) is 3.94. The summed E-state index contributed by atoms with van der Waals surface area (Å²) in [6, 6.07) is 13.0. The van der Waals surface area contributed by atoms with Crippen LogP contribution in [0.1, 0.15) is 15.9 Å². The van der Waals surface area contributed by atoms with Crippen LogP contribution in [0.2, 0.25) is 5.15 Å². The number of halogens is 1. The number of carbonyl (C=O) groups is 1. The predicted octanol–water partition coefficient (Wildman–Crippen LogP) is 2.82. The van der Waals surface area contributed by atoms with E-state index in [4.69, 9.17) is 11.6 Å². The second kappa shape index (κ2) is 5.11. The fourth-order valence-corrected chi connectivity index (χ4v) is 1.76. The van der Waals surface area contributed by atoms with E-state index in [-0.39, 0.29) is 12.3 Å². The monoisotopic (exact) mass is 246 g/mol. The third-order valence-electron chi connectivity index (χ3n) is 2.57. The van der Waals surface area contributed by atoms with E-state index in [2.05, 4.69) is 0 Å². The summed E-state index contributed by atoms with van der Waals surface area (Å²) in [6.45, 7) is 2.26. The summed E-state index contributed by atoms with van der Waals surface area (Å²) in [6.07, 6.45) is 1.80. The van der Waals surface area contributed by atoms with Gasteiger partial charge in [-0.05, 0) is 24.6 Å². The van der Waals surface area contributed by atoms with E-state index in [0.29, 0.717) is 10.7 Å². The second-order valence-corrected chi connectivity index (χ2v) is 4.33. The fraction of sp³-hybridized carbons (Fsp3) is 0.143. The van der Waals surface area contributed by atoms with Crippen LogP contribution < -0.4 is 4.57 Å². The zero-order chi connectivity index (χ0) is 12.3. The predicted molar refractivity (Wildman–Crippen MR) is 67.2 cm³/mol. The van der Waals surface area contributed by atoms with Gasteiger partial charge in [0.2, 0.25) is 12.3 Å². The van der Waals surface area contributed by atoms with Gasteiger partial charge in [0.1, 0.15) is 0 Å². The van der Waals surface area contributed by atoms with Crippen LogP contribution in [0.5, 0.6) is 0 Å². The highest BCUT2D eigenvalue weighted by molar-refractivity contribution is 6.28. The molecule has 0 saturated heterocycles. The van der Waals surface area contributed by atoms with E-state index in [1.165, 1.54) is 0 Å². The third-order valence-corrected chi connectivity index (χ3v) is 2.92. The zero-order valence-corrected chi connectivity index (χ0v) is 10.3. The number of pyridine rings is 1. The summed E-state index contributed by atoms with van der Waals surface area (Å²) in [5.74, 6) is 0.0584. The molecule has 0 N–H and O–H groups in total. The molecule has 2 aromatic rings. The molecule has 0 atom stereocenters. The van der Waals surface area contributed by atoms with Gasteiger partial charge in [-0.25, -0.2) is 0 Å². The quantitative estimate of drug-likeness (QED) is 0.464. The molecule has 3 heteroatoms. The first-order chi connectivity index (χ1) is 8.16. The summed E-state index contributed by atoms with van der Waals surface area (Å²) in [7, 11) is 0. The third kappa shape index (κ3) is 2.92. The van der Waals surface area contributed by atoms with Gasteiger partial charge in [-0.15, -0.1) is 0 Å². The lowest BCUT2D eigenvalue weighted by atomic mass is 10.1. The van der Waals surface area contributed by atoms with Crippen molar-refractivity contribution in [3.8, 4) is 0 Å². The molecule has 0 aliphatic heterocycles. The Kier molecular flexibility index (Phi) is 3.55. The number of benzene rings is 1. The Morgan fingerprint density at radius 2 is 1.88 bits per heavy atom. The number of Topliss-reactive ketones (excluding diaryl/α,β-unsaturated/α-hetero) is 1. The molecule has 0 aliphatic carbocycles. The summed E-state index contributed by atoms with van der Waals surface area (Å²) >= 11 is 5.99. The van der Waals surface area contributed by atoms with Crippen LogP contribution in [0.3, 0.4) is 0 Å². The number of nitrogens with zero attached hydrogens (tertiary/aromatic N) is 1. The Morgan fingerprint density at radius 3 is 2.53 bits per heavy atom. The highest BCUT2D eigenvalue weighted by atomic mass is 35.5. The Morgan fingerprint density at radius 1 is 1.18 bits per heavy atom. The SMILES string of the molecule is Cc1ccc(C(=O)C[n+]2ccccc2Cl)cc1. The first-order valence-electron chi connectivity index (χ1n) is 5.40. The Bertz CT molecular complexity index is 534. The van der Waals surface area contributed by atoms with Gasteiger partial charge in [-0.1, -0.05) is 29.8 Å². The van der Waals surface area contributed by atoms with E-state index < -0.39 is 0 Å². The Hall–Kier alpha value is -1.67. The maximum Gasteiger partial charge on any atom is 0.275 e. The van der Waals surface area contributed by atoms with Crippen molar-refractivity contribution < 1.29 is 9.36 Å². The van der Waals surface area contributed by atoms with Crippen molar-refractivity contribution in [2.75, 3.05) is 0 Å². The van der Waals surface area contributed by atoms with Gasteiger partial charge in [-0.2, -0.15) is 4.57 Å². The average molecular weight is 247 g/mol. The van der Waals surface area contributed by atoms with Crippen molar-refractivity contribution in [3.05, 3.63) is 64.9 Å². The van der Waals surface area contributed by atoms with Gasteiger partial charge < -0.3 is 0 Å². The topological polar surface area (TPSA) is 20.9 Å². The van der Waals surface area contributed by atoms with Gasteiger partial charge in [0.25, 0.3) is 5.15 Å². The van der Waals surface area contributed by atoms with E-state index in [0.717, 1.165) is 5.56 Å². The van der Waals surface area contributed by atoms with Crippen molar-refractivity contribution in [2.24, 2.45) is 0 Å². The minimum absolute atomic E-state index is 0.0584. The molecule has 2 nitrogen and oxygen atoms in total. The molecule has 0 aliphatic rings. The van der Waals surface area contributed by atoms with Crippen molar-refractivity contribution in [2.45, 2.75) is 13.5 Å². The zero-order valence-electron chi connectivity index (χ0n) is 9.56. The van der Waals surface area contributed by atoms with Crippen molar-refractivity contribution in [1.82, 2.24) is 0 Å². The minimum atomic E-state index is 0.0584. The van der Waals surface area contributed by atoms with Crippen LogP contribution in [-0.2, 0) is 6.54 Å². The molecule has 0 spiro atoms. The van der Waals surface area contributed by atoms with Gasteiger partial charge in [0.15, 0.2) is 6.20 Å². The summed E-state index contributed by atoms with van der Waals surface area (Å²) in [4.78, 5) is 12.0. The van der Waals surface area contributed by atoms with Gasteiger partial charge in [0.05, 0.1) is 0 Å². The van der Waals surface area contributed by atoms with Crippen LogP contribution in [0.15, 0.2) is 48.7 Å². The average Bonchev–Trinajstić information content (AvgIpc) is 2.33. The summed E-state index contributed by atoms with van der Waals surface area (Å²) in [5, 5.41) is 0.563. The molecule has 0 amide bonds. The molecule has 17 heavy (non-hydrogen) atoms. The molecular formula is C14H13ClNO+. The maximum atomic E-state index is 12.0. The Balaban J connectivity index is 2.17. The lowest BCUT2D eigenvalue weighted by Gasteiger charge is -2.00. The number of rotatable bonds is 3. The lowest BCUT2D eigenvalue weighted by molar-refractivity contribution is -0.681. The summed E-state index contributed by atoms with van der Waals surface area (Å²) in [5.41, 5.74) is 1.86. The van der Waals surface area contributed by atoms with Crippen LogP contribution >= 0.6 is 11.6 Å². The van der Waals surface area contributed by atoms with E-state index in [1.54, 1.807) is 16.8 Å². The van der Waals surface area contributed by atoms with Crippen molar-refractivity contribution in [3.63, 3.8) is 0 Å². The number of carbonyl (C=O) groups excluding carboxylic acids is 1. The molecule has 0 radical (unpaired) electrons. The first kappa shape index (κ1) is 11.8. The number of aryl methyl sites for hydroxylation is 1. The summed E-state index contributed by atoms with van der Waals surface area (Å²) < 4.78 is 1.73. The number of aromatic nitrogens is 1. The lowest BCUT2D eigenvalue weighted by Crippen LogP contribution is -2.38. The fourth-order valence-electron chi connectivity index (χ4n) is 1.57. The highest BCUT2D eigenvalue weighted by Crippen LogP contribution is 2.05. The molecular weight excluding hydrogens is 234 g/mol. The van der Waals surface area contributed by atoms with Crippen LogP contribution in [0.4, 0.5) is 0 Å². The largest absolute Gasteiger partial charge is 0.287 e. The van der Waals surface area contributed by atoms with Crippen LogP contribution in [-0.4, -0.2) is 5.78 Å². The Labute approximate surface area is 105 Å². The molecule has 0 saturated carbocycles. The standard InChI is InChI=1S/C14H13ClNO/c1-11-5-7-12(8-6-11)13(17)10-16-9-3-2-4-14(16)15/h2-9H,10H2,1H3/q+1. The van der Waals surface area contributed by atoms with Crippen molar-refractivity contribution in [1.29, 1.82) is 0 Å². The molecule has 1 aromatic heterocycles. The van der Waals surface area contributed by atoms with E-state index in [1.807, 2.05) is 43.3 Å². The number of hydrogen-bond donors (Lipinski definition) is 0. The number of ketones is 1. The molecule has 86 valence electrons. The molecule has 0 unspecified atom stereocenters. The van der Waals surface area contributed by atoms with E-state index in [9.17, 15) is 4.79 Å². The highest BCUT2D eigenvalue weighted by Gasteiger charge is 2.14. The molecule has 1 heterocycles. The van der Waals surface area contributed by atoms with Gasteiger partial charge in [-0.3, -0.25) is 4.79 Å². The molecule has 2 rings (SSSR count). The maximum absolute atomic E-state index is 12.0.